The number of carbonyl (C=O) groups excluding carboxylic acids is 1. The van der Waals surface area contributed by atoms with E-state index in [-0.39, 0.29) is 5.91 Å². The second kappa shape index (κ2) is 6.69. The van der Waals surface area contributed by atoms with Crippen LogP contribution in [0.3, 0.4) is 0 Å². The van der Waals surface area contributed by atoms with Crippen LogP contribution >= 0.6 is 12.6 Å². The van der Waals surface area contributed by atoms with Gasteiger partial charge >= 0.3 is 0 Å². The smallest absolute Gasteiger partial charge is 0.223 e. The zero-order valence-electron chi connectivity index (χ0n) is 11.5. The van der Waals surface area contributed by atoms with E-state index in [1.807, 2.05) is 20.9 Å². The SMILES string of the molecule is COc1c(C)cc(C)cc1CN(C)C(=O)CCS. The average Bonchev–Trinajstić information content (AvgIpc) is 2.28. The molecule has 0 heterocycles. The predicted molar refractivity (Wildman–Crippen MR) is 77.4 cm³/mol. The molecule has 1 aromatic rings. The first kappa shape index (κ1) is 14.9. The number of hydrogen-bond donors (Lipinski definition) is 1. The minimum atomic E-state index is 0.103. The van der Waals surface area contributed by atoms with E-state index >= 15 is 0 Å². The van der Waals surface area contributed by atoms with Crippen molar-refractivity contribution >= 4 is 18.5 Å². The molecule has 1 amide bonds. The monoisotopic (exact) mass is 267 g/mol. The molecule has 0 fully saturated rings. The Bertz CT molecular complexity index is 432. The van der Waals surface area contributed by atoms with E-state index in [0.29, 0.717) is 18.7 Å². The summed E-state index contributed by atoms with van der Waals surface area (Å²) in [5.41, 5.74) is 3.32. The number of ether oxygens (including phenoxy) is 1. The number of rotatable bonds is 5. The van der Waals surface area contributed by atoms with Crippen molar-refractivity contribution < 1.29 is 9.53 Å². The molecule has 0 saturated heterocycles. The molecular weight excluding hydrogens is 246 g/mol. The summed E-state index contributed by atoms with van der Waals surface area (Å²) in [5.74, 6) is 1.55. The summed E-state index contributed by atoms with van der Waals surface area (Å²) in [6.45, 7) is 4.63. The van der Waals surface area contributed by atoms with E-state index in [1.54, 1.807) is 12.0 Å². The van der Waals surface area contributed by atoms with Gasteiger partial charge < -0.3 is 9.64 Å². The molecule has 0 unspecified atom stereocenters. The molecule has 0 saturated carbocycles. The Kier molecular flexibility index (Phi) is 5.54. The second-order valence-corrected chi connectivity index (χ2v) is 4.94. The number of benzene rings is 1. The van der Waals surface area contributed by atoms with Crippen molar-refractivity contribution in [1.29, 1.82) is 0 Å². The van der Waals surface area contributed by atoms with E-state index in [2.05, 4.69) is 24.8 Å². The molecule has 0 bridgehead atoms. The van der Waals surface area contributed by atoms with E-state index in [4.69, 9.17) is 4.74 Å². The van der Waals surface area contributed by atoms with Crippen molar-refractivity contribution in [3.05, 3.63) is 28.8 Å². The molecule has 0 atom stereocenters. The number of nitrogens with zero attached hydrogens (tertiary/aromatic N) is 1. The molecule has 0 spiro atoms. The highest BCUT2D eigenvalue weighted by Crippen LogP contribution is 2.26. The molecular formula is C14H21NO2S. The van der Waals surface area contributed by atoms with Gasteiger partial charge in [-0.25, -0.2) is 0 Å². The molecule has 0 radical (unpaired) electrons. The maximum absolute atomic E-state index is 11.8. The number of methoxy groups -OCH3 is 1. The van der Waals surface area contributed by atoms with Crippen molar-refractivity contribution in [2.45, 2.75) is 26.8 Å². The van der Waals surface area contributed by atoms with Gasteiger partial charge in [-0.2, -0.15) is 12.6 Å². The van der Waals surface area contributed by atoms with Crippen LogP contribution in [0.25, 0.3) is 0 Å². The van der Waals surface area contributed by atoms with Crippen LogP contribution in [-0.4, -0.2) is 30.7 Å². The van der Waals surface area contributed by atoms with E-state index in [9.17, 15) is 4.79 Å². The van der Waals surface area contributed by atoms with Gasteiger partial charge in [0.15, 0.2) is 0 Å². The fourth-order valence-electron chi connectivity index (χ4n) is 2.08. The normalized spacial score (nSPS) is 10.3. The molecule has 3 nitrogen and oxygen atoms in total. The van der Waals surface area contributed by atoms with E-state index in [0.717, 1.165) is 16.9 Å². The minimum absolute atomic E-state index is 0.103. The highest BCUT2D eigenvalue weighted by Gasteiger charge is 2.13. The van der Waals surface area contributed by atoms with Gasteiger partial charge in [0.25, 0.3) is 0 Å². The van der Waals surface area contributed by atoms with Gasteiger partial charge in [-0.15, -0.1) is 0 Å². The summed E-state index contributed by atoms with van der Waals surface area (Å²) in [7, 11) is 3.47. The van der Waals surface area contributed by atoms with Crippen molar-refractivity contribution in [2.75, 3.05) is 19.9 Å². The quantitative estimate of drug-likeness (QED) is 0.831. The van der Waals surface area contributed by atoms with Gasteiger partial charge in [-0.3, -0.25) is 4.79 Å². The Morgan fingerprint density at radius 1 is 1.39 bits per heavy atom. The van der Waals surface area contributed by atoms with Gasteiger partial charge in [0, 0.05) is 25.6 Å². The number of carbonyl (C=O) groups is 1. The lowest BCUT2D eigenvalue weighted by Gasteiger charge is -2.20. The molecule has 18 heavy (non-hydrogen) atoms. The molecule has 100 valence electrons. The van der Waals surface area contributed by atoms with Gasteiger partial charge in [-0.05, 0) is 25.2 Å². The first-order valence-electron chi connectivity index (χ1n) is 5.98. The molecule has 1 aromatic carbocycles. The van der Waals surface area contributed by atoms with Gasteiger partial charge in [0.05, 0.1) is 7.11 Å². The Morgan fingerprint density at radius 3 is 2.61 bits per heavy atom. The molecule has 0 aliphatic carbocycles. The number of hydrogen-bond acceptors (Lipinski definition) is 3. The summed E-state index contributed by atoms with van der Waals surface area (Å²) in [4.78, 5) is 13.5. The Balaban J connectivity index is 2.93. The van der Waals surface area contributed by atoms with E-state index in [1.165, 1.54) is 5.56 Å². The third-order valence-corrected chi connectivity index (χ3v) is 3.08. The fourth-order valence-corrected chi connectivity index (χ4v) is 2.27. The lowest BCUT2D eigenvalue weighted by atomic mass is 10.0. The van der Waals surface area contributed by atoms with Gasteiger partial charge in [0.1, 0.15) is 5.75 Å². The fraction of sp³-hybridized carbons (Fsp3) is 0.500. The summed E-state index contributed by atoms with van der Waals surface area (Å²) in [6, 6.07) is 4.15. The third-order valence-electron chi connectivity index (χ3n) is 2.86. The summed E-state index contributed by atoms with van der Waals surface area (Å²) in [5, 5.41) is 0. The average molecular weight is 267 g/mol. The van der Waals surface area contributed by atoms with Crippen LogP contribution < -0.4 is 4.74 Å². The summed E-state index contributed by atoms with van der Waals surface area (Å²) >= 11 is 4.08. The highest BCUT2D eigenvalue weighted by atomic mass is 32.1. The molecule has 0 N–H and O–H groups in total. The lowest BCUT2D eigenvalue weighted by Crippen LogP contribution is -2.26. The first-order valence-corrected chi connectivity index (χ1v) is 6.61. The lowest BCUT2D eigenvalue weighted by molar-refractivity contribution is -0.129. The third kappa shape index (κ3) is 3.67. The standard InChI is InChI=1S/C14H21NO2S/c1-10-7-11(2)14(17-4)12(8-10)9-15(3)13(16)5-6-18/h7-8,18H,5-6,9H2,1-4H3. The van der Waals surface area contributed by atoms with Crippen LogP contribution in [0, 0.1) is 13.8 Å². The molecule has 0 aliphatic rings. The molecule has 1 rings (SSSR count). The predicted octanol–water partition coefficient (Wildman–Crippen LogP) is 2.59. The Labute approximate surface area is 115 Å². The zero-order chi connectivity index (χ0) is 13.7. The van der Waals surface area contributed by atoms with Crippen LogP contribution in [0.1, 0.15) is 23.1 Å². The maximum Gasteiger partial charge on any atom is 0.223 e. The highest BCUT2D eigenvalue weighted by molar-refractivity contribution is 7.80. The van der Waals surface area contributed by atoms with Crippen molar-refractivity contribution in [3.8, 4) is 5.75 Å². The van der Waals surface area contributed by atoms with Crippen LogP contribution in [0.15, 0.2) is 12.1 Å². The van der Waals surface area contributed by atoms with Crippen molar-refractivity contribution in [1.82, 2.24) is 4.90 Å². The molecule has 0 aromatic heterocycles. The van der Waals surface area contributed by atoms with E-state index < -0.39 is 0 Å². The summed E-state index contributed by atoms with van der Waals surface area (Å²) in [6.07, 6.45) is 0.465. The van der Waals surface area contributed by atoms with Crippen LogP contribution in [-0.2, 0) is 11.3 Å². The second-order valence-electron chi connectivity index (χ2n) is 4.50. The molecule has 0 aliphatic heterocycles. The van der Waals surface area contributed by atoms with Crippen molar-refractivity contribution in [3.63, 3.8) is 0 Å². The van der Waals surface area contributed by atoms with Crippen LogP contribution in [0.5, 0.6) is 5.75 Å². The van der Waals surface area contributed by atoms with Crippen LogP contribution in [0.2, 0.25) is 0 Å². The van der Waals surface area contributed by atoms with Gasteiger partial charge in [0.2, 0.25) is 5.91 Å². The maximum atomic E-state index is 11.8. The first-order chi connectivity index (χ1) is 8.49. The Morgan fingerprint density at radius 2 is 2.06 bits per heavy atom. The Hall–Kier alpha value is -1.16. The molecule has 4 heteroatoms. The topological polar surface area (TPSA) is 29.5 Å². The number of thiol groups is 1. The van der Waals surface area contributed by atoms with Crippen molar-refractivity contribution in [2.24, 2.45) is 0 Å². The number of amides is 1. The summed E-state index contributed by atoms with van der Waals surface area (Å²) < 4.78 is 5.42. The minimum Gasteiger partial charge on any atom is -0.496 e. The largest absolute Gasteiger partial charge is 0.496 e. The number of aryl methyl sites for hydroxylation is 2. The van der Waals surface area contributed by atoms with Crippen LogP contribution in [0.4, 0.5) is 0 Å². The zero-order valence-corrected chi connectivity index (χ0v) is 12.4. The van der Waals surface area contributed by atoms with Gasteiger partial charge in [-0.1, -0.05) is 17.7 Å².